The van der Waals surface area contributed by atoms with Crippen LogP contribution in [0.5, 0.6) is 0 Å². The number of pyridine rings is 1. The van der Waals surface area contributed by atoms with Gasteiger partial charge in [0.15, 0.2) is 0 Å². The molecule has 0 aliphatic carbocycles. The number of nitrogens with zero attached hydrogens (tertiary/aromatic N) is 5. The average molecular weight is 562 g/mol. The molecular formula is C26H27ClF3N7O2. The van der Waals surface area contributed by atoms with E-state index in [1.807, 2.05) is 17.0 Å². The summed E-state index contributed by atoms with van der Waals surface area (Å²) in [4.78, 5) is 29.6. The Kier molecular flexibility index (Phi) is 7.04. The summed E-state index contributed by atoms with van der Waals surface area (Å²) < 4.78 is 44.4. The first kappa shape index (κ1) is 26.2. The van der Waals surface area contributed by atoms with E-state index >= 15 is 0 Å². The number of amides is 1. The molecule has 1 amide bonds. The van der Waals surface area contributed by atoms with E-state index in [0.717, 1.165) is 25.5 Å². The van der Waals surface area contributed by atoms with Gasteiger partial charge in [0, 0.05) is 74.6 Å². The Balaban J connectivity index is 1.23. The van der Waals surface area contributed by atoms with Crippen LogP contribution < -0.4 is 15.5 Å². The van der Waals surface area contributed by atoms with Gasteiger partial charge < -0.3 is 20.3 Å². The van der Waals surface area contributed by atoms with Crippen molar-refractivity contribution in [2.45, 2.75) is 18.3 Å². The van der Waals surface area contributed by atoms with Gasteiger partial charge in [-0.15, -0.1) is 0 Å². The highest BCUT2D eigenvalue weighted by molar-refractivity contribution is 6.35. The number of nitrogens with one attached hydrogen (secondary N) is 2. The fourth-order valence-corrected chi connectivity index (χ4v) is 5.74. The lowest BCUT2D eigenvalue weighted by atomic mass is 9.96. The molecule has 9 nitrogen and oxygen atoms in total. The van der Waals surface area contributed by atoms with Crippen molar-refractivity contribution in [1.29, 1.82) is 0 Å². The molecule has 3 aliphatic rings. The molecule has 0 radical (unpaired) electrons. The maximum Gasteiger partial charge on any atom is 0.451 e. The number of benzene rings is 1. The van der Waals surface area contributed by atoms with Gasteiger partial charge in [0.25, 0.3) is 5.91 Å². The monoisotopic (exact) mass is 561 g/mol. The number of rotatable bonds is 6. The van der Waals surface area contributed by atoms with Crippen LogP contribution in [0, 0.1) is 5.92 Å². The molecule has 206 valence electrons. The highest BCUT2D eigenvalue weighted by Crippen LogP contribution is 2.32. The van der Waals surface area contributed by atoms with Crippen LogP contribution >= 0.6 is 11.6 Å². The van der Waals surface area contributed by atoms with Crippen LogP contribution in [0.15, 0.2) is 36.7 Å². The molecule has 0 bridgehead atoms. The zero-order valence-corrected chi connectivity index (χ0v) is 21.7. The standard InChI is InChI=1S/C26H27ClF3N7O2/c27-18-2-3-19-17(1-4-22(35-19)37-13-16-11-31-20(16)14-37)23(18)24(38)32-12-21(36-5-7-39-8-6-36)15-9-33-25(34-10-15)26(28,29)30/h1-4,9-10,16,20-21,31H,5-8,11-14H2,(H,32,38). The number of fused-ring (bicyclic) bond motifs is 2. The molecular weight excluding hydrogens is 535 g/mol. The van der Waals surface area contributed by atoms with E-state index in [1.165, 1.54) is 12.4 Å². The highest BCUT2D eigenvalue weighted by Gasteiger charge is 2.39. The zero-order valence-electron chi connectivity index (χ0n) is 20.9. The first-order chi connectivity index (χ1) is 18.8. The number of aromatic nitrogens is 3. The van der Waals surface area contributed by atoms with Crippen molar-refractivity contribution in [1.82, 2.24) is 30.5 Å². The predicted octanol–water partition coefficient (Wildman–Crippen LogP) is 2.91. The van der Waals surface area contributed by atoms with Crippen LogP contribution in [0.25, 0.3) is 10.9 Å². The van der Waals surface area contributed by atoms with E-state index in [-0.39, 0.29) is 6.54 Å². The number of halogens is 4. The minimum Gasteiger partial charge on any atom is -0.379 e. The molecule has 3 aliphatic heterocycles. The van der Waals surface area contributed by atoms with Gasteiger partial charge in [-0.1, -0.05) is 11.6 Å². The fraction of sp³-hybridized carbons (Fsp3) is 0.462. The number of alkyl halides is 3. The zero-order chi connectivity index (χ0) is 27.1. The van der Waals surface area contributed by atoms with Crippen LogP contribution in [-0.2, 0) is 10.9 Å². The third-order valence-electron chi connectivity index (χ3n) is 7.69. The van der Waals surface area contributed by atoms with Crippen LogP contribution in [0.2, 0.25) is 5.02 Å². The third kappa shape index (κ3) is 5.25. The smallest absolute Gasteiger partial charge is 0.379 e. The van der Waals surface area contributed by atoms with Gasteiger partial charge in [0.05, 0.1) is 35.4 Å². The number of carbonyl (C=O) groups is 1. The summed E-state index contributed by atoms with van der Waals surface area (Å²) in [5, 5.41) is 7.29. The SMILES string of the molecule is O=C(NCC(c1cnc(C(F)(F)F)nc1)N1CCOCC1)c1c(Cl)ccc2nc(N3CC4CNC4C3)ccc12. The number of anilines is 1. The summed E-state index contributed by atoms with van der Waals surface area (Å²) in [6.45, 7) is 5.06. The Morgan fingerprint density at radius 3 is 2.56 bits per heavy atom. The summed E-state index contributed by atoms with van der Waals surface area (Å²) >= 11 is 6.49. The first-order valence-electron chi connectivity index (χ1n) is 12.8. The number of hydrogen-bond donors (Lipinski definition) is 2. The molecule has 3 atom stereocenters. The van der Waals surface area contributed by atoms with Crippen molar-refractivity contribution in [2.75, 3.05) is 57.4 Å². The molecule has 3 saturated heterocycles. The Hall–Kier alpha value is -3.06. The maximum absolute atomic E-state index is 13.5. The van der Waals surface area contributed by atoms with Crippen molar-refractivity contribution < 1.29 is 22.7 Å². The number of hydrogen-bond acceptors (Lipinski definition) is 8. The molecule has 3 aromatic rings. The minimum absolute atomic E-state index is 0.120. The number of morpholine rings is 1. The molecule has 0 spiro atoms. The lowest BCUT2D eigenvalue weighted by molar-refractivity contribution is -0.145. The van der Waals surface area contributed by atoms with E-state index in [2.05, 4.69) is 25.5 Å². The second kappa shape index (κ2) is 10.5. The molecule has 6 rings (SSSR count). The highest BCUT2D eigenvalue weighted by atomic mass is 35.5. The summed E-state index contributed by atoms with van der Waals surface area (Å²) in [5.74, 6) is -0.0940. The summed E-state index contributed by atoms with van der Waals surface area (Å²) in [6, 6.07) is 7.30. The fourth-order valence-electron chi connectivity index (χ4n) is 5.49. The lowest BCUT2D eigenvalue weighted by Crippen LogP contribution is -2.51. The Morgan fingerprint density at radius 1 is 1.15 bits per heavy atom. The minimum atomic E-state index is -4.63. The Bertz CT molecular complexity index is 1360. The number of carbonyl (C=O) groups excluding carboxylic acids is 1. The van der Waals surface area contributed by atoms with Crippen LogP contribution in [0.4, 0.5) is 19.0 Å². The van der Waals surface area contributed by atoms with Gasteiger partial charge in [-0.05, 0) is 24.3 Å². The summed E-state index contributed by atoms with van der Waals surface area (Å²) in [6.07, 6.45) is -2.30. The van der Waals surface area contributed by atoms with Gasteiger partial charge in [0.1, 0.15) is 5.82 Å². The third-order valence-corrected chi connectivity index (χ3v) is 8.01. The molecule has 3 unspecified atom stereocenters. The average Bonchev–Trinajstić information content (AvgIpc) is 3.22. The van der Waals surface area contributed by atoms with E-state index < -0.39 is 23.9 Å². The molecule has 5 heterocycles. The van der Waals surface area contributed by atoms with Crippen molar-refractivity contribution in [3.05, 3.63) is 58.6 Å². The normalized spacial score (nSPS) is 22.4. The van der Waals surface area contributed by atoms with Crippen molar-refractivity contribution in [2.24, 2.45) is 5.92 Å². The lowest BCUT2D eigenvalue weighted by Gasteiger charge is -2.34. The summed E-state index contributed by atoms with van der Waals surface area (Å²) in [7, 11) is 0. The van der Waals surface area contributed by atoms with E-state index in [4.69, 9.17) is 21.3 Å². The molecule has 2 aromatic heterocycles. The molecule has 13 heteroatoms. The maximum atomic E-state index is 13.5. The quantitative estimate of drug-likeness (QED) is 0.474. The van der Waals surface area contributed by atoms with E-state index in [0.29, 0.717) is 65.3 Å². The van der Waals surface area contributed by atoms with Crippen molar-refractivity contribution >= 4 is 34.2 Å². The van der Waals surface area contributed by atoms with Crippen molar-refractivity contribution in [3.8, 4) is 0 Å². The molecule has 3 fully saturated rings. The van der Waals surface area contributed by atoms with Crippen LogP contribution in [0.3, 0.4) is 0 Å². The topological polar surface area (TPSA) is 95.5 Å². The van der Waals surface area contributed by atoms with E-state index in [9.17, 15) is 18.0 Å². The van der Waals surface area contributed by atoms with Crippen LogP contribution in [0.1, 0.15) is 27.8 Å². The molecule has 0 saturated carbocycles. The second-order valence-electron chi connectivity index (χ2n) is 10.1. The van der Waals surface area contributed by atoms with Gasteiger partial charge in [-0.2, -0.15) is 13.2 Å². The van der Waals surface area contributed by atoms with E-state index in [1.54, 1.807) is 12.1 Å². The second-order valence-corrected chi connectivity index (χ2v) is 10.5. The van der Waals surface area contributed by atoms with Gasteiger partial charge in [-0.3, -0.25) is 9.69 Å². The Morgan fingerprint density at radius 2 is 1.92 bits per heavy atom. The van der Waals surface area contributed by atoms with Gasteiger partial charge >= 0.3 is 6.18 Å². The molecule has 1 aromatic carbocycles. The van der Waals surface area contributed by atoms with Gasteiger partial charge in [0.2, 0.25) is 5.82 Å². The van der Waals surface area contributed by atoms with Crippen LogP contribution in [-0.4, -0.2) is 84.3 Å². The Labute approximate surface area is 227 Å². The van der Waals surface area contributed by atoms with Gasteiger partial charge in [-0.25, -0.2) is 15.0 Å². The van der Waals surface area contributed by atoms with Crippen molar-refractivity contribution in [3.63, 3.8) is 0 Å². The first-order valence-corrected chi connectivity index (χ1v) is 13.2. The number of ether oxygens (including phenoxy) is 1. The molecule has 2 N–H and O–H groups in total. The summed E-state index contributed by atoms with van der Waals surface area (Å²) in [5.41, 5.74) is 1.44. The largest absolute Gasteiger partial charge is 0.451 e. The molecule has 39 heavy (non-hydrogen) atoms. The predicted molar refractivity (Wildman–Crippen MR) is 139 cm³/mol.